The number of hydrogen-bond acceptors (Lipinski definition) is 3. The zero-order valence-corrected chi connectivity index (χ0v) is 16.4. The molecule has 0 radical (unpaired) electrons. The molecule has 1 aliphatic heterocycles. The Kier molecular flexibility index (Phi) is 6.88. The summed E-state index contributed by atoms with van der Waals surface area (Å²) in [5.41, 5.74) is 3.04. The Morgan fingerprint density at radius 2 is 1.89 bits per heavy atom. The Hall–Kier alpha value is -2.33. The van der Waals surface area contributed by atoms with Crippen molar-refractivity contribution in [1.82, 2.24) is 4.90 Å². The van der Waals surface area contributed by atoms with E-state index in [-0.39, 0.29) is 5.91 Å². The van der Waals surface area contributed by atoms with Crippen LogP contribution < -0.4 is 4.90 Å². The highest BCUT2D eigenvalue weighted by atomic mass is 16.5. The third-order valence-corrected chi connectivity index (χ3v) is 5.20. The van der Waals surface area contributed by atoms with Crippen molar-refractivity contribution in [3.8, 4) is 0 Å². The van der Waals surface area contributed by atoms with E-state index in [2.05, 4.69) is 30.1 Å². The molecular weight excluding hydrogens is 336 g/mol. The molecule has 0 saturated carbocycles. The van der Waals surface area contributed by atoms with Gasteiger partial charge in [-0.05, 0) is 49.4 Å². The molecule has 0 aromatic heterocycles. The molecule has 0 bridgehead atoms. The highest BCUT2D eigenvalue weighted by Gasteiger charge is 2.17. The van der Waals surface area contributed by atoms with Crippen LogP contribution in [0.1, 0.15) is 41.6 Å². The maximum Gasteiger partial charge on any atom is 0.253 e. The second kappa shape index (κ2) is 9.56. The first-order valence-corrected chi connectivity index (χ1v) is 9.85. The summed E-state index contributed by atoms with van der Waals surface area (Å²) in [5.74, 6) is 0.0702. The van der Waals surface area contributed by atoms with E-state index in [9.17, 15) is 4.79 Å². The monoisotopic (exact) mass is 366 g/mol. The second-order valence-electron chi connectivity index (χ2n) is 7.40. The molecule has 27 heavy (non-hydrogen) atoms. The maximum atomic E-state index is 12.8. The average Bonchev–Trinajstić information content (AvgIpc) is 2.73. The highest BCUT2D eigenvalue weighted by molar-refractivity contribution is 5.95. The molecule has 0 aliphatic carbocycles. The molecule has 1 aliphatic rings. The Morgan fingerprint density at radius 3 is 2.63 bits per heavy atom. The van der Waals surface area contributed by atoms with E-state index in [1.165, 1.54) is 12.0 Å². The van der Waals surface area contributed by atoms with Crippen molar-refractivity contribution in [2.45, 2.75) is 38.3 Å². The largest absolute Gasteiger partial charge is 0.378 e. The fourth-order valence-corrected chi connectivity index (χ4v) is 3.52. The van der Waals surface area contributed by atoms with Gasteiger partial charge in [-0.2, -0.15) is 0 Å². The van der Waals surface area contributed by atoms with Crippen LogP contribution in [-0.2, 0) is 11.3 Å². The molecule has 1 atom stereocenters. The zero-order valence-electron chi connectivity index (χ0n) is 16.4. The standard InChI is InChI=1S/C23H30N2O2/c1-24(15-14-22-13-6-7-16-27-22)23(26)20-11-8-12-21(17-20)25(2)18-19-9-4-3-5-10-19/h3-5,8-12,17,22H,6-7,13-16,18H2,1-2H3. The molecule has 4 heteroatoms. The van der Waals surface area contributed by atoms with Crippen molar-refractivity contribution in [3.63, 3.8) is 0 Å². The predicted octanol–water partition coefficient (Wildman–Crippen LogP) is 4.35. The fourth-order valence-electron chi connectivity index (χ4n) is 3.52. The number of amides is 1. The quantitative estimate of drug-likeness (QED) is 0.730. The lowest BCUT2D eigenvalue weighted by Gasteiger charge is -2.25. The van der Waals surface area contributed by atoms with E-state index in [1.807, 2.05) is 48.3 Å². The van der Waals surface area contributed by atoms with Crippen LogP contribution in [0.3, 0.4) is 0 Å². The molecule has 2 aromatic rings. The van der Waals surface area contributed by atoms with E-state index >= 15 is 0 Å². The molecule has 144 valence electrons. The number of hydrogen-bond donors (Lipinski definition) is 0. The van der Waals surface area contributed by atoms with Crippen LogP contribution in [0.15, 0.2) is 54.6 Å². The minimum absolute atomic E-state index is 0.0702. The van der Waals surface area contributed by atoms with Crippen LogP contribution in [-0.4, -0.2) is 44.2 Å². The van der Waals surface area contributed by atoms with Crippen LogP contribution in [0.25, 0.3) is 0 Å². The van der Waals surface area contributed by atoms with Crippen molar-refractivity contribution in [1.29, 1.82) is 0 Å². The van der Waals surface area contributed by atoms with Gasteiger partial charge in [-0.1, -0.05) is 36.4 Å². The lowest BCUT2D eigenvalue weighted by atomic mass is 10.1. The fraction of sp³-hybridized carbons (Fsp3) is 0.435. The smallest absolute Gasteiger partial charge is 0.253 e. The van der Waals surface area contributed by atoms with Crippen LogP contribution in [0, 0.1) is 0 Å². The van der Waals surface area contributed by atoms with Gasteiger partial charge in [-0.25, -0.2) is 0 Å². The summed E-state index contributed by atoms with van der Waals surface area (Å²) < 4.78 is 5.78. The summed E-state index contributed by atoms with van der Waals surface area (Å²) in [5, 5.41) is 0. The van der Waals surface area contributed by atoms with Crippen molar-refractivity contribution >= 4 is 11.6 Å². The van der Waals surface area contributed by atoms with Gasteiger partial charge >= 0.3 is 0 Å². The molecule has 2 aromatic carbocycles. The van der Waals surface area contributed by atoms with Gasteiger partial charge in [0.2, 0.25) is 0 Å². The lowest BCUT2D eigenvalue weighted by Crippen LogP contribution is -2.31. The minimum atomic E-state index is 0.0702. The van der Waals surface area contributed by atoms with Gasteiger partial charge in [0.25, 0.3) is 5.91 Å². The lowest BCUT2D eigenvalue weighted by molar-refractivity contribution is 0.00709. The van der Waals surface area contributed by atoms with Gasteiger partial charge in [0.1, 0.15) is 0 Å². The molecule has 0 N–H and O–H groups in total. The third kappa shape index (κ3) is 5.57. The van der Waals surface area contributed by atoms with Gasteiger partial charge < -0.3 is 14.5 Å². The summed E-state index contributed by atoms with van der Waals surface area (Å²) in [6, 6.07) is 18.3. The Bertz CT molecular complexity index is 726. The summed E-state index contributed by atoms with van der Waals surface area (Å²) in [6.45, 7) is 2.40. The number of nitrogens with zero attached hydrogens (tertiary/aromatic N) is 2. The molecule has 1 amide bonds. The minimum Gasteiger partial charge on any atom is -0.378 e. The molecule has 4 nitrogen and oxygen atoms in total. The second-order valence-corrected chi connectivity index (χ2v) is 7.40. The Balaban J connectivity index is 1.58. The Labute approximate surface area is 162 Å². The SMILES string of the molecule is CN(CCC1CCCCO1)C(=O)c1cccc(N(C)Cc2ccccc2)c1. The normalized spacial score (nSPS) is 16.7. The van der Waals surface area contributed by atoms with Gasteiger partial charge in [0.05, 0.1) is 6.10 Å². The van der Waals surface area contributed by atoms with Crippen molar-refractivity contribution < 1.29 is 9.53 Å². The first kappa shape index (κ1) is 19.4. The Morgan fingerprint density at radius 1 is 1.07 bits per heavy atom. The summed E-state index contributed by atoms with van der Waals surface area (Å²) in [7, 11) is 3.94. The summed E-state index contributed by atoms with van der Waals surface area (Å²) in [6.07, 6.45) is 4.72. The first-order valence-electron chi connectivity index (χ1n) is 9.85. The molecule has 3 rings (SSSR count). The van der Waals surface area contributed by atoms with Crippen LogP contribution in [0.4, 0.5) is 5.69 Å². The van der Waals surface area contributed by atoms with Crippen LogP contribution in [0.2, 0.25) is 0 Å². The highest BCUT2D eigenvalue weighted by Crippen LogP contribution is 2.19. The van der Waals surface area contributed by atoms with Crippen molar-refractivity contribution in [2.75, 3.05) is 32.1 Å². The summed E-state index contributed by atoms with van der Waals surface area (Å²) >= 11 is 0. The number of carbonyl (C=O) groups excluding carboxylic acids is 1. The predicted molar refractivity (Wildman–Crippen MR) is 110 cm³/mol. The number of carbonyl (C=O) groups is 1. The zero-order chi connectivity index (χ0) is 19.1. The van der Waals surface area contributed by atoms with Crippen molar-refractivity contribution in [3.05, 3.63) is 65.7 Å². The molecule has 1 fully saturated rings. The van der Waals surface area contributed by atoms with Crippen LogP contribution in [0.5, 0.6) is 0 Å². The molecule has 1 unspecified atom stereocenters. The first-order chi connectivity index (χ1) is 13.1. The van der Waals surface area contributed by atoms with E-state index < -0.39 is 0 Å². The summed E-state index contributed by atoms with van der Waals surface area (Å²) in [4.78, 5) is 16.8. The van der Waals surface area contributed by atoms with E-state index in [4.69, 9.17) is 4.74 Å². The molecule has 1 heterocycles. The number of ether oxygens (including phenoxy) is 1. The van der Waals surface area contributed by atoms with E-state index in [0.29, 0.717) is 6.10 Å². The van der Waals surface area contributed by atoms with E-state index in [0.717, 1.165) is 50.2 Å². The maximum absolute atomic E-state index is 12.8. The molecule has 1 saturated heterocycles. The number of rotatable bonds is 7. The van der Waals surface area contributed by atoms with Gasteiger partial charge in [-0.15, -0.1) is 0 Å². The van der Waals surface area contributed by atoms with E-state index in [1.54, 1.807) is 0 Å². The van der Waals surface area contributed by atoms with Gasteiger partial charge in [0.15, 0.2) is 0 Å². The topological polar surface area (TPSA) is 32.8 Å². The molecular formula is C23H30N2O2. The van der Waals surface area contributed by atoms with Gasteiger partial charge in [-0.3, -0.25) is 4.79 Å². The molecule has 0 spiro atoms. The number of anilines is 1. The van der Waals surface area contributed by atoms with Gasteiger partial charge in [0, 0.05) is 45.0 Å². The van der Waals surface area contributed by atoms with Crippen LogP contribution >= 0.6 is 0 Å². The van der Waals surface area contributed by atoms with Crippen molar-refractivity contribution in [2.24, 2.45) is 0 Å². The average molecular weight is 367 g/mol. The number of benzene rings is 2. The third-order valence-electron chi connectivity index (χ3n) is 5.20.